The lowest BCUT2D eigenvalue weighted by atomic mass is 10.2. The number of rotatable bonds is 6. The van der Waals surface area contributed by atoms with Gasteiger partial charge in [0.1, 0.15) is 0 Å². The van der Waals surface area contributed by atoms with Crippen LogP contribution in [0.5, 0.6) is 0 Å². The Labute approximate surface area is 145 Å². The molecule has 0 spiro atoms. The van der Waals surface area contributed by atoms with Crippen molar-refractivity contribution in [2.24, 2.45) is 0 Å². The molecule has 0 aliphatic carbocycles. The number of para-hydroxylation sites is 1. The van der Waals surface area contributed by atoms with E-state index in [1.807, 2.05) is 77.9 Å². The van der Waals surface area contributed by atoms with Crippen LogP contribution in [0, 0.1) is 0 Å². The number of hydrogen-bond acceptors (Lipinski definition) is 4. The number of aromatic nitrogens is 1. The molecule has 3 rings (SSSR count). The van der Waals surface area contributed by atoms with Crippen molar-refractivity contribution in [2.45, 2.75) is 19.4 Å². The molecule has 5 heteroatoms. The molecule has 0 bridgehead atoms. The zero-order valence-electron chi connectivity index (χ0n) is 13.3. The van der Waals surface area contributed by atoms with Gasteiger partial charge in [-0.2, -0.15) is 0 Å². The van der Waals surface area contributed by atoms with E-state index in [-0.39, 0.29) is 12.5 Å². The Morgan fingerprint density at radius 2 is 1.75 bits per heavy atom. The lowest BCUT2D eigenvalue weighted by Crippen LogP contribution is -2.30. The van der Waals surface area contributed by atoms with Gasteiger partial charge in [0.25, 0.3) is 0 Å². The summed E-state index contributed by atoms with van der Waals surface area (Å²) >= 11 is 1.52. The first-order chi connectivity index (χ1) is 11.6. The fraction of sp³-hybridized carbons (Fsp3) is 0.158. The first-order valence-electron chi connectivity index (χ1n) is 7.72. The Hall–Kier alpha value is -2.66. The Bertz CT molecular complexity index is 803. The molecule has 0 aliphatic rings. The van der Waals surface area contributed by atoms with Crippen LogP contribution in [0.2, 0.25) is 0 Å². The minimum Gasteiger partial charge on any atom is -0.481 e. The Balaban J connectivity index is 1.97. The highest BCUT2D eigenvalue weighted by atomic mass is 32.1. The van der Waals surface area contributed by atoms with Crippen LogP contribution in [0.25, 0.3) is 11.3 Å². The largest absolute Gasteiger partial charge is 0.481 e. The van der Waals surface area contributed by atoms with E-state index in [1.165, 1.54) is 11.3 Å². The minimum atomic E-state index is -0.816. The van der Waals surface area contributed by atoms with Gasteiger partial charge in [-0.3, -0.25) is 4.79 Å². The van der Waals surface area contributed by atoms with E-state index in [0.717, 1.165) is 22.1 Å². The van der Waals surface area contributed by atoms with Crippen molar-refractivity contribution >= 4 is 28.1 Å². The second-order valence-electron chi connectivity index (χ2n) is 5.53. The summed E-state index contributed by atoms with van der Waals surface area (Å²) in [5.74, 6) is -0.816. The van der Waals surface area contributed by atoms with Crippen LogP contribution in [0.1, 0.15) is 13.3 Å². The third-order valence-electron chi connectivity index (χ3n) is 3.71. The van der Waals surface area contributed by atoms with Gasteiger partial charge in [-0.1, -0.05) is 48.5 Å². The highest BCUT2D eigenvalue weighted by molar-refractivity contribution is 7.14. The predicted molar refractivity (Wildman–Crippen MR) is 97.8 cm³/mol. The summed E-state index contributed by atoms with van der Waals surface area (Å²) in [6, 6.07) is 19.6. The molecule has 0 amide bonds. The minimum absolute atomic E-state index is 0.0507. The van der Waals surface area contributed by atoms with Crippen molar-refractivity contribution in [3.63, 3.8) is 0 Å². The zero-order valence-corrected chi connectivity index (χ0v) is 14.1. The molecule has 1 atom stereocenters. The van der Waals surface area contributed by atoms with E-state index in [4.69, 9.17) is 10.1 Å². The van der Waals surface area contributed by atoms with Crippen molar-refractivity contribution in [2.75, 3.05) is 4.90 Å². The summed E-state index contributed by atoms with van der Waals surface area (Å²) in [4.78, 5) is 17.9. The molecular weight excluding hydrogens is 320 g/mol. The molecule has 1 N–H and O–H groups in total. The van der Waals surface area contributed by atoms with E-state index in [1.54, 1.807) is 0 Å². The number of hydrogen-bond donors (Lipinski definition) is 1. The van der Waals surface area contributed by atoms with Crippen molar-refractivity contribution < 1.29 is 9.90 Å². The average molecular weight is 338 g/mol. The highest BCUT2D eigenvalue weighted by Gasteiger charge is 2.22. The molecule has 0 saturated heterocycles. The standard InChI is InChI=1S/C19H18N2O2S/c1-14(12-18(22)23)21(16-10-6-3-7-11-16)19-20-17(13-24-19)15-8-4-2-5-9-15/h2-11,13-14H,12H2,1H3,(H,22,23). The van der Waals surface area contributed by atoms with Crippen molar-refractivity contribution in [1.29, 1.82) is 0 Å². The SMILES string of the molecule is CC(CC(=O)O)N(c1ccccc1)c1nc(-c2ccccc2)cs1. The second kappa shape index (κ2) is 7.27. The maximum atomic E-state index is 11.2. The van der Waals surface area contributed by atoms with Gasteiger partial charge in [-0.15, -0.1) is 11.3 Å². The predicted octanol–water partition coefficient (Wildman–Crippen LogP) is 4.81. The lowest BCUT2D eigenvalue weighted by molar-refractivity contribution is -0.137. The van der Waals surface area contributed by atoms with Crippen LogP contribution in [-0.4, -0.2) is 22.1 Å². The van der Waals surface area contributed by atoms with Gasteiger partial charge in [-0.25, -0.2) is 4.98 Å². The first kappa shape index (κ1) is 16.2. The van der Waals surface area contributed by atoms with Gasteiger partial charge >= 0.3 is 5.97 Å². The topological polar surface area (TPSA) is 53.4 Å². The van der Waals surface area contributed by atoms with E-state index in [9.17, 15) is 4.79 Å². The lowest BCUT2D eigenvalue weighted by Gasteiger charge is -2.28. The van der Waals surface area contributed by atoms with Gasteiger partial charge in [-0.05, 0) is 19.1 Å². The smallest absolute Gasteiger partial charge is 0.305 e. The second-order valence-corrected chi connectivity index (χ2v) is 6.37. The molecule has 24 heavy (non-hydrogen) atoms. The molecule has 1 heterocycles. The molecule has 0 fully saturated rings. The molecule has 0 aliphatic heterocycles. The van der Waals surface area contributed by atoms with Gasteiger partial charge < -0.3 is 10.0 Å². The van der Waals surface area contributed by atoms with E-state index in [2.05, 4.69) is 0 Å². The Morgan fingerprint density at radius 3 is 2.38 bits per heavy atom. The number of thiazole rings is 1. The van der Waals surface area contributed by atoms with E-state index < -0.39 is 5.97 Å². The molecule has 0 radical (unpaired) electrons. The van der Waals surface area contributed by atoms with Gasteiger partial charge in [0.05, 0.1) is 12.1 Å². The molecule has 2 aromatic carbocycles. The molecule has 0 saturated carbocycles. The van der Waals surface area contributed by atoms with Gasteiger partial charge in [0.2, 0.25) is 0 Å². The van der Waals surface area contributed by atoms with Gasteiger partial charge in [0, 0.05) is 22.7 Å². The normalized spacial score (nSPS) is 11.9. The van der Waals surface area contributed by atoms with Crippen molar-refractivity contribution in [3.05, 3.63) is 66.0 Å². The molecule has 1 unspecified atom stereocenters. The van der Waals surface area contributed by atoms with Crippen molar-refractivity contribution in [3.8, 4) is 11.3 Å². The Kier molecular flexibility index (Phi) is 4.91. The third kappa shape index (κ3) is 3.63. The third-order valence-corrected chi connectivity index (χ3v) is 4.55. The summed E-state index contributed by atoms with van der Waals surface area (Å²) < 4.78 is 0. The summed E-state index contributed by atoms with van der Waals surface area (Å²) in [6.45, 7) is 1.91. The number of carboxylic acid groups (broad SMARTS) is 1. The maximum Gasteiger partial charge on any atom is 0.305 e. The molecule has 4 nitrogen and oxygen atoms in total. The Morgan fingerprint density at radius 1 is 1.12 bits per heavy atom. The fourth-order valence-electron chi connectivity index (χ4n) is 2.60. The molecule has 122 valence electrons. The molecule has 1 aromatic heterocycles. The zero-order chi connectivity index (χ0) is 16.9. The number of carbonyl (C=O) groups is 1. The van der Waals surface area contributed by atoms with Crippen LogP contribution in [0.3, 0.4) is 0 Å². The summed E-state index contributed by atoms with van der Waals surface area (Å²) in [6.07, 6.45) is 0.0507. The number of anilines is 2. The first-order valence-corrected chi connectivity index (χ1v) is 8.60. The number of nitrogens with zero attached hydrogens (tertiary/aromatic N) is 2. The van der Waals surface area contributed by atoms with E-state index >= 15 is 0 Å². The molecule has 3 aromatic rings. The van der Waals surface area contributed by atoms with Gasteiger partial charge in [0.15, 0.2) is 5.13 Å². The van der Waals surface area contributed by atoms with Crippen LogP contribution in [-0.2, 0) is 4.79 Å². The molecular formula is C19H18N2O2S. The van der Waals surface area contributed by atoms with E-state index in [0.29, 0.717) is 0 Å². The van der Waals surface area contributed by atoms with Crippen molar-refractivity contribution in [1.82, 2.24) is 4.98 Å². The number of benzene rings is 2. The highest BCUT2D eigenvalue weighted by Crippen LogP contribution is 2.34. The summed E-state index contributed by atoms with van der Waals surface area (Å²) in [5, 5.41) is 12.0. The number of aliphatic carboxylic acids is 1. The maximum absolute atomic E-state index is 11.2. The van der Waals surface area contributed by atoms with Crippen LogP contribution in [0.4, 0.5) is 10.8 Å². The summed E-state index contributed by atoms with van der Waals surface area (Å²) in [7, 11) is 0. The summed E-state index contributed by atoms with van der Waals surface area (Å²) in [5.41, 5.74) is 2.90. The average Bonchev–Trinajstić information content (AvgIpc) is 3.06. The fourth-order valence-corrected chi connectivity index (χ4v) is 3.56. The monoisotopic (exact) mass is 338 g/mol. The quantitative estimate of drug-likeness (QED) is 0.700. The van der Waals surface area contributed by atoms with Crippen LogP contribution in [0.15, 0.2) is 66.0 Å². The van der Waals surface area contributed by atoms with Crippen LogP contribution >= 0.6 is 11.3 Å². The number of carboxylic acids is 1. The van der Waals surface area contributed by atoms with Crippen LogP contribution < -0.4 is 4.90 Å².